The van der Waals surface area contributed by atoms with Crippen LogP contribution < -0.4 is 4.90 Å². The van der Waals surface area contributed by atoms with Gasteiger partial charge in [0.25, 0.3) is 0 Å². The van der Waals surface area contributed by atoms with Crippen LogP contribution in [0.2, 0.25) is 0 Å². The average molecular weight is 340 g/mol. The van der Waals surface area contributed by atoms with E-state index in [0.29, 0.717) is 5.75 Å². The van der Waals surface area contributed by atoms with Crippen molar-refractivity contribution in [2.24, 2.45) is 0 Å². The first kappa shape index (κ1) is 14.7. The molecule has 4 rings (SSSR count). The largest absolute Gasteiger partial charge is 0.308 e. The molecule has 23 heavy (non-hydrogen) atoms. The summed E-state index contributed by atoms with van der Waals surface area (Å²) in [5.41, 5.74) is 3.33. The highest BCUT2D eigenvalue weighted by molar-refractivity contribution is 8.01. The number of thiazole rings is 1. The molecule has 0 unspecified atom stereocenters. The van der Waals surface area contributed by atoms with E-state index in [-0.39, 0.29) is 11.9 Å². The number of carbonyl (C=O) groups excluding carboxylic acids is 1. The lowest BCUT2D eigenvalue weighted by atomic mass is 10.1. The van der Waals surface area contributed by atoms with Crippen LogP contribution in [0, 0.1) is 0 Å². The number of carbonyl (C=O) groups is 1. The summed E-state index contributed by atoms with van der Waals surface area (Å²) in [4.78, 5) is 19.2. The molecule has 0 fully saturated rings. The van der Waals surface area contributed by atoms with E-state index in [2.05, 4.69) is 24.0 Å². The van der Waals surface area contributed by atoms with Crippen molar-refractivity contribution in [1.29, 1.82) is 0 Å². The minimum atomic E-state index is 0.159. The lowest BCUT2D eigenvalue weighted by Gasteiger charge is -2.22. The predicted molar refractivity (Wildman–Crippen MR) is 97.4 cm³/mol. The molecule has 1 aromatic heterocycles. The summed E-state index contributed by atoms with van der Waals surface area (Å²) in [6, 6.07) is 16.5. The summed E-state index contributed by atoms with van der Waals surface area (Å²) in [5, 5.41) is 0. The molecule has 1 aliphatic rings. The van der Waals surface area contributed by atoms with Crippen LogP contribution in [0.3, 0.4) is 0 Å². The summed E-state index contributed by atoms with van der Waals surface area (Å²) in [6.07, 6.45) is 0.938. The molecule has 0 aliphatic carbocycles. The molecule has 1 atom stereocenters. The van der Waals surface area contributed by atoms with E-state index in [1.807, 2.05) is 41.3 Å². The number of amides is 1. The third-order valence-corrected chi connectivity index (χ3v) is 6.23. The molecule has 2 heterocycles. The van der Waals surface area contributed by atoms with Gasteiger partial charge < -0.3 is 4.90 Å². The normalized spacial score (nSPS) is 16.7. The van der Waals surface area contributed by atoms with Gasteiger partial charge in [0, 0.05) is 11.7 Å². The topological polar surface area (TPSA) is 33.2 Å². The van der Waals surface area contributed by atoms with Crippen molar-refractivity contribution >= 4 is 44.9 Å². The SMILES string of the molecule is C[C@@H]1Cc2ccccc2N1C(=O)CSc1nc2ccccc2s1. The minimum absolute atomic E-state index is 0.159. The standard InChI is InChI=1S/C18H16N2OS2/c1-12-10-13-6-2-4-8-15(13)20(12)17(21)11-22-18-19-14-7-3-5-9-16(14)23-18/h2-9,12H,10-11H2,1H3/t12-/m1/s1. The Morgan fingerprint density at radius 1 is 1.26 bits per heavy atom. The fourth-order valence-corrected chi connectivity index (χ4v) is 4.98. The highest BCUT2D eigenvalue weighted by atomic mass is 32.2. The van der Waals surface area contributed by atoms with Gasteiger partial charge in [-0.3, -0.25) is 4.79 Å². The number of para-hydroxylation sites is 2. The van der Waals surface area contributed by atoms with Crippen LogP contribution in [-0.2, 0) is 11.2 Å². The van der Waals surface area contributed by atoms with Gasteiger partial charge in [-0.2, -0.15) is 0 Å². The first-order chi connectivity index (χ1) is 11.2. The summed E-state index contributed by atoms with van der Waals surface area (Å²) in [6.45, 7) is 2.11. The van der Waals surface area contributed by atoms with Gasteiger partial charge >= 0.3 is 0 Å². The molecule has 3 nitrogen and oxygen atoms in total. The Hall–Kier alpha value is -1.85. The molecule has 1 amide bonds. The van der Waals surface area contributed by atoms with Crippen molar-refractivity contribution in [1.82, 2.24) is 4.98 Å². The second kappa shape index (κ2) is 5.98. The maximum Gasteiger partial charge on any atom is 0.237 e. The quantitative estimate of drug-likeness (QED) is 0.664. The lowest BCUT2D eigenvalue weighted by Crippen LogP contribution is -2.36. The Balaban J connectivity index is 1.50. The first-order valence-corrected chi connectivity index (χ1v) is 9.41. The Labute approximate surface area is 143 Å². The Bertz CT molecular complexity index is 841. The van der Waals surface area contributed by atoms with Gasteiger partial charge in [-0.15, -0.1) is 11.3 Å². The molecule has 0 N–H and O–H groups in total. The van der Waals surface area contributed by atoms with Gasteiger partial charge in [-0.25, -0.2) is 4.98 Å². The third-order valence-electron chi connectivity index (χ3n) is 4.07. The maximum atomic E-state index is 12.7. The number of benzene rings is 2. The van der Waals surface area contributed by atoms with Gasteiger partial charge in [0.15, 0.2) is 4.34 Å². The minimum Gasteiger partial charge on any atom is -0.308 e. The van der Waals surface area contributed by atoms with E-state index in [0.717, 1.165) is 22.0 Å². The summed E-state index contributed by atoms with van der Waals surface area (Å²) >= 11 is 3.18. The fourth-order valence-electron chi connectivity index (χ4n) is 3.05. The number of fused-ring (bicyclic) bond motifs is 2. The number of anilines is 1. The van der Waals surface area contributed by atoms with Gasteiger partial charge in [0.2, 0.25) is 5.91 Å². The van der Waals surface area contributed by atoms with Crippen molar-refractivity contribution in [2.45, 2.75) is 23.7 Å². The summed E-state index contributed by atoms with van der Waals surface area (Å²) in [5.74, 6) is 0.588. The summed E-state index contributed by atoms with van der Waals surface area (Å²) in [7, 11) is 0. The molecule has 0 bridgehead atoms. The van der Waals surface area contributed by atoms with Crippen LogP contribution >= 0.6 is 23.1 Å². The third kappa shape index (κ3) is 2.75. The van der Waals surface area contributed by atoms with Crippen molar-refractivity contribution in [2.75, 3.05) is 10.7 Å². The first-order valence-electron chi connectivity index (χ1n) is 7.61. The molecule has 116 valence electrons. The van der Waals surface area contributed by atoms with E-state index >= 15 is 0 Å². The van der Waals surface area contributed by atoms with E-state index in [1.165, 1.54) is 22.0 Å². The van der Waals surface area contributed by atoms with E-state index in [9.17, 15) is 4.79 Å². The Morgan fingerprint density at radius 2 is 2.04 bits per heavy atom. The number of rotatable bonds is 3. The average Bonchev–Trinajstić information content (AvgIpc) is 3.12. The zero-order chi connectivity index (χ0) is 15.8. The number of hydrogen-bond acceptors (Lipinski definition) is 4. The van der Waals surface area contributed by atoms with Crippen LogP contribution in [-0.4, -0.2) is 22.7 Å². The molecule has 0 radical (unpaired) electrons. The lowest BCUT2D eigenvalue weighted by molar-refractivity contribution is -0.116. The molecular weight excluding hydrogens is 324 g/mol. The van der Waals surface area contributed by atoms with Crippen LogP contribution in [0.1, 0.15) is 12.5 Å². The van der Waals surface area contributed by atoms with Crippen molar-refractivity contribution in [3.8, 4) is 0 Å². The molecule has 0 saturated heterocycles. The van der Waals surface area contributed by atoms with Crippen LogP contribution in [0.4, 0.5) is 5.69 Å². The van der Waals surface area contributed by atoms with Gasteiger partial charge in [-0.05, 0) is 37.1 Å². The molecule has 1 aliphatic heterocycles. The number of thioether (sulfide) groups is 1. The Morgan fingerprint density at radius 3 is 2.91 bits per heavy atom. The highest BCUT2D eigenvalue weighted by Crippen LogP contribution is 2.34. The zero-order valence-electron chi connectivity index (χ0n) is 12.7. The number of aromatic nitrogens is 1. The molecule has 5 heteroatoms. The second-order valence-electron chi connectivity index (χ2n) is 5.68. The van der Waals surface area contributed by atoms with E-state index < -0.39 is 0 Å². The zero-order valence-corrected chi connectivity index (χ0v) is 14.4. The predicted octanol–water partition coefficient (Wildman–Crippen LogP) is 4.37. The maximum absolute atomic E-state index is 12.7. The van der Waals surface area contributed by atoms with Crippen LogP contribution in [0.5, 0.6) is 0 Å². The van der Waals surface area contributed by atoms with Gasteiger partial charge in [0.1, 0.15) is 0 Å². The molecule has 3 aromatic rings. The van der Waals surface area contributed by atoms with Crippen LogP contribution in [0.15, 0.2) is 52.9 Å². The molecule has 0 saturated carbocycles. The smallest absolute Gasteiger partial charge is 0.237 e. The van der Waals surface area contributed by atoms with Crippen LogP contribution in [0.25, 0.3) is 10.2 Å². The summed E-state index contributed by atoms with van der Waals surface area (Å²) < 4.78 is 2.13. The monoisotopic (exact) mass is 340 g/mol. The van der Waals surface area contributed by atoms with E-state index in [1.54, 1.807) is 11.3 Å². The number of hydrogen-bond donors (Lipinski definition) is 0. The molecule has 0 spiro atoms. The van der Waals surface area contributed by atoms with Gasteiger partial charge in [0.05, 0.1) is 16.0 Å². The number of nitrogens with zero attached hydrogens (tertiary/aromatic N) is 2. The van der Waals surface area contributed by atoms with Gasteiger partial charge in [-0.1, -0.05) is 42.1 Å². The molecular formula is C18H16N2OS2. The van der Waals surface area contributed by atoms with Crippen molar-refractivity contribution < 1.29 is 4.79 Å². The molecule has 2 aromatic carbocycles. The van der Waals surface area contributed by atoms with Crippen molar-refractivity contribution in [3.63, 3.8) is 0 Å². The van der Waals surface area contributed by atoms with Crippen molar-refractivity contribution in [3.05, 3.63) is 54.1 Å². The fraction of sp³-hybridized carbons (Fsp3) is 0.222. The highest BCUT2D eigenvalue weighted by Gasteiger charge is 2.30. The second-order valence-corrected chi connectivity index (χ2v) is 7.93. The Kier molecular flexibility index (Phi) is 3.83. The van der Waals surface area contributed by atoms with E-state index in [4.69, 9.17) is 0 Å².